The van der Waals surface area contributed by atoms with Crippen molar-refractivity contribution < 1.29 is 66.5 Å². The fraction of sp³-hybridized carbons (Fsp3) is 0.533. The molecule has 4 rings (SSSR count). The van der Waals surface area contributed by atoms with E-state index in [4.69, 9.17) is 0 Å². The van der Waals surface area contributed by atoms with Gasteiger partial charge in [-0.05, 0) is 48.6 Å². The largest absolute Gasteiger partial charge is 1.00 e. The van der Waals surface area contributed by atoms with Gasteiger partial charge in [-0.2, -0.15) is 0 Å². The number of nitrogens with zero attached hydrogens (tertiary/aromatic N) is 2. The van der Waals surface area contributed by atoms with Crippen molar-refractivity contribution in [1.29, 1.82) is 0 Å². The molecule has 2 aromatic carbocycles. The third-order valence-corrected chi connectivity index (χ3v) is 8.44. The van der Waals surface area contributed by atoms with Gasteiger partial charge in [0.1, 0.15) is 13.1 Å². The molecule has 0 unspecified atom stereocenters. The van der Waals surface area contributed by atoms with Crippen LogP contribution in [0.4, 0.5) is 0 Å². The maximum absolute atomic E-state index is 12.9. The normalized spacial score (nSPS) is 27.9. The van der Waals surface area contributed by atoms with Crippen LogP contribution in [-0.2, 0) is 0 Å². The average molecular weight is 716 g/mol. The molecule has 0 saturated carbocycles. The molecule has 0 N–H and O–H groups in total. The molecule has 0 radical (unpaired) electrons. The van der Waals surface area contributed by atoms with Gasteiger partial charge < -0.3 is 56.9 Å². The Morgan fingerprint density at radius 3 is 1.17 bits per heavy atom. The van der Waals surface area contributed by atoms with Gasteiger partial charge in [0.25, 0.3) is 0 Å². The van der Waals surface area contributed by atoms with E-state index in [-0.39, 0.29) is 59.5 Å². The Bertz CT molecular complexity index is 921. The lowest BCUT2D eigenvalue weighted by atomic mass is 9.96. The van der Waals surface area contributed by atoms with Gasteiger partial charge in [0.15, 0.2) is 0 Å². The first-order chi connectivity index (χ1) is 16.1. The number of rotatable bonds is 7. The van der Waals surface area contributed by atoms with E-state index < -0.39 is 0 Å². The number of likely N-dealkylation sites (tertiary alicyclic amines) is 2. The number of hydrogen-bond donors (Lipinski definition) is 0. The van der Waals surface area contributed by atoms with E-state index in [9.17, 15) is 9.59 Å². The number of carbonyl (C=O) groups excluding carboxylic acids is 2. The molecule has 2 fully saturated rings. The fourth-order valence-electron chi connectivity index (χ4n) is 5.53. The van der Waals surface area contributed by atoms with Crippen LogP contribution in [0, 0.1) is 11.8 Å². The van der Waals surface area contributed by atoms with E-state index in [0.29, 0.717) is 13.1 Å². The Balaban J connectivity index is 0.00000228. The first-order valence-corrected chi connectivity index (χ1v) is 13.1. The second-order valence-electron chi connectivity index (χ2n) is 11.8. The van der Waals surface area contributed by atoms with Crippen LogP contribution in [0.2, 0.25) is 0 Å². The Morgan fingerprint density at radius 2 is 0.889 bits per heavy atom. The number of halogens is 2. The van der Waals surface area contributed by atoms with Gasteiger partial charge >= 0.3 is 0 Å². The van der Waals surface area contributed by atoms with Crippen molar-refractivity contribution in [3.8, 4) is 11.1 Å². The minimum absolute atomic E-state index is 0. The van der Waals surface area contributed by atoms with Crippen molar-refractivity contribution >= 4 is 11.6 Å². The summed E-state index contributed by atoms with van der Waals surface area (Å²) >= 11 is 0. The summed E-state index contributed by atoms with van der Waals surface area (Å²) in [6, 6.07) is 15.9. The molecular weight excluding hydrogens is 674 g/mol. The molecule has 2 aliphatic heterocycles. The van der Waals surface area contributed by atoms with Crippen molar-refractivity contribution in [2.24, 2.45) is 11.8 Å². The molecular formula is C30H42I2N2O2. The SMILES string of the molecule is CC1CC[N+](C)(CC(=O)c2ccc(-c3ccc(C(=O)C[N+]4(C)CCC(C)CC4)cc3)cc2)CC1.[I-].[I-]. The maximum Gasteiger partial charge on any atom is 0.216 e. The first-order valence-electron chi connectivity index (χ1n) is 13.1. The van der Waals surface area contributed by atoms with E-state index in [1.165, 1.54) is 25.7 Å². The van der Waals surface area contributed by atoms with Crippen molar-refractivity contribution in [1.82, 2.24) is 0 Å². The van der Waals surface area contributed by atoms with E-state index in [1.807, 2.05) is 48.5 Å². The molecule has 0 aromatic heterocycles. The Hall–Kier alpha value is -0.840. The summed E-state index contributed by atoms with van der Waals surface area (Å²) in [7, 11) is 4.43. The summed E-state index contributed by atoms with van der Waals surface area (Å²) in [5, 5.41) is 0. The number of piperidine rings is 2. The van der Waals surface area contributed by atoms with Gasteiger partial charge in [-0.3, -0.25) is 9.59 Å². The summed E-state index contributed by atoms with van der Waals surface area (Å²) in [6.07, 6.45) is 4.83. The molecule has 0 atom stereocenters. The number of Topliss-reactive ketones (excluding diaryl/α,β-unsaturated/α-hetero) is 2. The molecule has 198 valence electrons. The van der Waals surface area contributed by atoms with Gasteiger partial charge in [0, 0.05) is 11.1 Å². The molecule has 0 spiro atoms. The zero-order chi connectivity index (χ0) is 24.3. The number of quaternary nitrogens is 2. The van der Waals surface area contributed by atoms with E-state index in [2.05, 4.69) is 27.9 Å². The van der Waals surface area contributed by atoms with Crippen LogP contribution >= 0.6 is 0 Å². The second kappa shape index (κ2) is 13.3. The lowest BCUT2D eigenvalue weighted by Crippen LogP contribution is -3.00. The summed E-state index contributed by atoms with van der Waals surface area (Å²) in [4.78, 5) is 25.8. The maximum atomic E-state index is 12.9. The summed E-state index contributed by atoms with van der Waals surface area (Å²) in [5.41, 5.74) is 3.74. The molecule has 2 aliphatic rings. The number of likely N-dealkylation sites (N-methyl/N-ethyl adjacent to an activating group) is 2. The number of benzene rings is 2. The van der Waals surface area contributed by atoms with E-state index >= 15 is 0 Å². The van der Waals surface area contributed by atoms with Crippen molar-refractivity contribution in [2.75, 3.05) is 53.4 Å². The topological polar surface area (TPSA) is 34.1 Å². The lowest BCUT2D eigenvalue weighted by molar-refractivity contribution is -0.907. The van der Waals surface area contributed by atoms with Gasteiger partial charge in [-0.15, -0.1) is 0 Å². The zero-order valence-electron chi connectivity index (χ0n) is 22.3. The fourth-order valence-corrected chi connectivity index (χ4v) is 5.53. The molecule has 6 heteroatoms. The zero-order valence-corrected chi connectivity index (χ0v) is 26.6. The standard InChI is InChI=1S/C30H42N2O2.2HI/c1-23-13-17-31(3,18-14-23)21-29(33)27-9-5-25(6-10-27)26-7-11-28(12-8-26)30(34)22-32(4)19-15-24(2)16-20-32;;/h5-12,23-24H,13-22H2,1-4H3;2*1H/q+2;;/p-2. The van der Waals surface area contributed by atoms with Crippen molar-refractivity contribution in [3.05, 3.63) is 59.7 Å². The number of ketones is 2. The van der Waals surface area contributed by atoms with Crippen LogP contribution in [0.3, 0.4) is 0 Å². The van der Waals surface area contributed by atoms with Crippen LogP contribution in [0.15, 0.2) is 48.5 Å². The van der Waals surface area contributed by atoms with Crippen molar-refractivity contribution in [2.45, 2.75) is 39.5 Å². The van der Waals surface area contributed by atoms with Crippen LogP contribution in [-0.4, -0.2) is 73.9 Å². The highest BCUT2D eigenvalue weighted by atomic mass is 127. The molecule has 2 saturated heterocycles. The van der Waals surface area contributed by atoms with E-state index in [0.717, 1.165) is 69.2 Å². The average Bonchev–Trinajstić information content (AvgIpc) is 2.83. The molecule has 2 aromatic rings. The second-order valence-corrected chi connectivity index (χ2v) is 11.8. The molecule has 2 heterocycles. The number of carbonyl (C=O) groups is 2. The van der Waals surface area contributed by atoms with Crippen LogP contribution in [0.1, 0.15) is 60.2 Å². The first kappa shape index (κ1) is 31.4. The predicted molar refractivity (Wildman–Crippen MR) is 139 cm³/mol. The predicted octanol–water partition coefficient (Wildman–Crippen LogP) is -0.520. The monoisotopic (exact) mass is 716 g/mol. The molecule has 4 nitrogen and oxygen atoms in total. The van der Waals surface area contributed by atoms with Crippen LogP contribution in [0.5, 0.6) is 0 Å². The highest BCUT2D eigenvalue weighted by molar-refractivity contribution is 5.98. The third kappa shape index (κ3) is 8.08. The summed E-state index contributed by atoms with van der Waals surface area (Å²) in [5.74, 6) is 2.02. The Kier molecular flexibility index (Phi) is 11.6. The smallest absolute Gasteiger partial charge is 0.216 e. The summed E-state index contributed by atoms with van der Waals surface area (Å²) < 4.78 is 1.72. The molecule has 0 aliphatic carbocycles. The van der Waals surface area contributed by atoms with Gasteiger partial charge in [0.05, 0.1) is 40.3 Å². The quantitative estimate of drug-likeness (QED) is 0.220. The molecule has 0 bridgehead atoms. The van der Waals surface area contributed by atoms with Gasteiger partial charge in [-0.25, -0.2) is 0 Å². The minimum atomic E-state index is 0. The molecule has 0 amide bonds. The van der Waals surface area contributed by atoms with Gasteiger partial charge in [-0.1, -0.05) is 62.4 Å². The van der Waals surface area contributed by atoms with Gasteiger partial charge in [0.2, 0.25) is 11.6 Å². The molecule has 36 heavy (non-hydrogen) atoms. The Morgan fingerprint density at radius 1 is 0.611 bits per heavy atom. The Labute approximate surface area is 252 Å². The highest BCUT2D eigenvalue weighted by Gasteiger charge is 2.32. The lowest BCUT2D eigenvalue weighted by Gasteiger charge is -2.39. The number of hydrogen-bond acceptors (Lipinski definition) is 2. The van der Waals surface area contributed by atoms with Crippen molar-refractivity contribution in [3.63, 3.8) is 0 Å². The highest BCUT2D eigenvalue weighted by Crippen LogP contribution is 2.25. The summed E-state index contributed by atoms with van der Waals surface area (Å²) in [6.45, 7) is 10.1. The third-order valence-electron chi connectivity index (χ3n) is 8.44. The van der Waals surface area contributed by atoms with E-state index in [1.54, 1.807) is 0 Å². The van der Waals surface area contributed by atoms with Crippen LogP contribution in [0.25, 0.3) is 11.1 Å². The van der Waals surface area contributed by atoms with Crippen LogP contribution < -0.4 is 48.0 Å². The minimum Gasteiger partial charge on any atom is -1.00 e.